The Bertz CT molecular complexity index is 420. The molecule has 0 aromatic rings. The van der Waals surface area contributed by atoms with E-state index in [0.29, 0.717) is 19.8 Å². The maximum absolute atomic E-state index is 12.5. The average molecular weight is 295 g/mol. The third kappa shape index (κ3) is 2.68. The minimum absolute atomic E-state index is 0.0127. The van der Waals surface area contributed by atoms with Gasteiger partial charge in [-0.15, -0.1) is 0 Å². The SMILES string of the molecule is CCOC(=O)C1CCC2(CC1)CC1(CCOCC1)C(=O)N2. The fraction of sp³-hybridized carbons (Fsp3) is 0.875. The van der Waals surface area contributed by atoms with E-state index in [1.807, 2.05) is 6.92 Å². The van der Waals surface area contributed by atoms with Crippen LogP contribution in [0.4, 0.5) is 0 Å². The van der Waals surface area contributed by atoms with Gasteiger partial charge >= 0.3 is 5.97 Å². The van der Waals surface area contributed by atoms with Crippen LogP contribution < -0.4 is 5.32 Å². The van der Waals surface area contributed by atoms with Crippen LogP contribution in [0.1, 0.15) is 51.9 Å². The Labute approximate surface area is 125 Å². The summed E-state index contributed by atoms with van der Waals surface area (Å²) in [5.74, 6) is 0.150. The molecule has 1 amide bonds. The summed E-state index contributed by atoms with van der Waals surface area (Å²) in [5, 5.41) is 3.27. The third-order valence-electron chi connectivity index (χ3n) is 5.55. The van der Waals surface area contributed by atoms with E-state index >= 15 is 0 Å². The molecule has 0 aromatic heterocycles. The number of rotatable bonds is 2. The molecule has 118 valence electrons. The van der Waals surface area contributed by atoms with Gasteiger partial charge in [-0.25, -0.2) is 0 Å². The van der Waals surface area contributed by atoms with Crippen molar-refractivity contribution in [3.8, 4) is 0 Å². The van der Waals surface area contributed by atoms with Crippen molar-refractivity contribution in [3.05, 3.63) is 0 Å². The molecule has 2 spiro atoms. The first-order valence-corrected chi connectivity index (χ1v) is 8.16. The van der Waals surface area contributed by atoms with Crippen LogP contribution in [-0.2, 0) is 19.1 Å². The molecular formula is C16H25NO4. The molecule has 3 fully saturated rings. The number of nitrogens with one attached hydrogen (secondary N) is 1. The van der Waals surface area contributed by atoms with Gasteiger partial charge in [-0.1, -0.05) is 0 Å². The number of hydrogen-bond acceptors (Lipinski definition) is 4. The van der Waals surface area contributed by atoms with Crippen LogP contribution in [0.2, 0.25) is 0 Å². The first-order chi connectivity index (χ1) is 10.1. The van der Waals surface area contributed by atoms with Crippen LogP contribution in [0.5, 0.6) is 0 Å². The number of carbonyl (C=O) groups excluding carboxylic acids is 2. The predicted molar refractivity (Wildman–Crippen MR) is 76.6 cm³/mol. The monoisotopic (exact) mass is 295 g/mol. The molecule has 3 rings (SSSR count). The highest BCUT2D eigenvalue weighted by molar-refractivity contribution is 5.86. The number of ether oxygens (including phenoxy) is 2. The highest BCUT2D eigenvalue weighted by Crippen LogP contribution is 2.49. The fourth-order valence-electron chi connectivity index (χ4n) is 4.28. The summed E-state index contributed by atoms with van der Waals surface area (Å²) in [6.45, 7) is 3.67. The number of amides is 1. The van der Waals surface area contributed by atoms with Gasteiger partial charge in [0.05, 0.1) is 17.9 Å². The van der Waals surface area contributed by atoms with Gasteiger partial charge in [0.15, 0.2) is 0 Å². The van der Waals surface area contributed by atoms with Crippen LogP contribution in [0, 0.1) is 11.3 Å². The van der Waals surface area contributed by atoms with Gasteiger partial charge in [0.2, 0.25) is 5.91 Å². The molecule has 0 unspecified atom stereocenters. The van der Waals surface area contributed by atoms with Gasteiger partial charge in [-0.3, -0.25) is 9.59 Å². The largest absolute Gasteiger partial charge is 0.466 e. The summed E-state index contributed by atoms with van der Waals surface area (Å²) >= 11 is 0. The number of carbonyl (C=O) groups is 2. The van der Waals surface area contributed by atoms with Gasteiger partial charge in [0.25, 0.3) is 0 Å². The van der Waals surface area contributed by atoms with Crippen molar-refractivity contribution in [3.63, 3.8) is 0 Å². The zero-order chi connectivity index (χ0) is 14.9. The lowest BCUT2D eigenvalue weighted by atomic mass is 9.69. The van der Waals surface area contributed by atoms with E-state index < -0.39 is 0 Å². The minimum atomic E-state index is -0.213. The predicted octanol–water partition coefficient (Wildman–Crippen LogP) is 1.80. The van der Waals surface area contributed by atoms with Crippen LogP contribution in [0.3, 0.4) is 0 Å². The lowest BCUT2D eigenvalue weighted by molar-refractivity contribution is -0.149. The Morgan fingerprint density at radius 3 is 2.57 bits per heavy atom. The molecule has 5 heteroatoms. The third-order valence-corrected chi connectivity index (χ3v) is 5.55. The molecule has 0 aromatic carbocycles. The first-order valence-electron chi connectivity index (χ1n) is 8.16. The summed E-state index contributed by atoms with van der Waals surface area (Å²) in [7, 11) is 0. The molecule has 1 aliphatic carbocycles. The van der Waals surface area contributed by atoms with Gasteiger partial charge in [-0.05, 0) is 51.9 Å². The smallest absolute Gasteiger partial charge is 0.308 e. The molecule has 0 bridgehead atoms. The van der Waals surface area contributed by atoms with E-state index in [4.69, 9.17) is 9.47 Å². The van der Waals surface area contributed by atoms with E-state index in [-0.39, 0.29) is 28.7 Å². The fourth-order valence-corrected chi connectivity index (χ4v) is 4.28. The highest BCUT2D eigenvalue weighted by atomic mass is 16.5. The maximum Gasteiger partial charge on any atom is 0.308 e. The second kappa shape index (κ2) is 5.59. The lowest BCUT2D eigenvalue weighted by Crippen LogP contribution is -2.45. The number of esters is 1. The standard InChI is InChI=1S/C16H25NO4/c1-2-21-13(18)12-3-5-16(6-4-12)11-15(14(19)17-16)7-9-20-10-8-15/h12H,2-11H2,1H3,(H,17,19). The first kappa shape index (κ1) is 14.8. The van der Waals surface area contributed by atoms with Gasteiger partial charge in [-0.2, -0.15) is 0 Å². The Balaban J connectivity index is 1.63. The van der Waals surface area contributed by atoms with Gasteiger partial charge in [0, 0.05) is 18.8 Å². The topological polar surface area (TPSA) is 64.6 Å². The van der Waals surface area contributed by atoms with Crippen molar-refractivity contribution in [2.75, 3.05) is 19.8 Å². The van der Waals surface area contributed by atoms with Gasteiger partial charge in [0.1, 0.15) is 0 Å². The zero-order valence-corrected chi connectivity index (χ0v) is 12.8. The molecular weight excluding hydrogens is 270 g/mol. The molecule has 2 aliphatic heterocycles. The normalized spacial score (nSPS) is 34.9. The zero-order valence-electron chi connectivity index (χ0n) is 12.8. The number of hydrogen-bond donors (Lipinski definition) is 1. The summed E-state index contributed by atoms with van der Waals surface area (Å²) in [6, 6.07) is 0. The summed E-state index contributed by atoms with van der Waals surface area (Å²) in [6.07, 6.45) is 6.02. The maximum atomic E-state index is 12.5. The molecule has 21 heavy (non-hydrogen) atoms. The van der Waals surface area contributed by atoms with Crippen molar-refractivity contribution in [2.24, 2.45) is 11.3 Å². The minimum Gasteiger partial charge on any atom is -0.466 e. The molecule has 1 saturated carbocycles. The van der Waals surface area contributed by atoms with E-state index in [2.05, 4.69) is 5.32 Å². The van der Waals surface area contributed by atoms with Crippen molar-refractivity contribution in [2.45, 2.75) is 57.4 Å². The Morgan fingerprint density at radius 2 is 1.95 bits per heavy atom. The van der Waals surface area contributed by atoms with Crippen LogP contribution in [0.25, 0.3) is 0 Å². The second-order valence-electron chi connectivity index (χ2n) is 6.83. The molecule has 3 aliphatic rings. The molecule has 2 saturated heterocycles. The van der Waals surface area contributed by atoms with E-state index in [1.54, 1.807) is 0 Å². The summed E-state index contributed by atoms with van der Waals surface area (Å²) in [5.41, 5.74) is -0.299. The van der Waals surface area contributed by atoms with E-state index in [9.17, 15) is 9.59 Å². The Kier molecular flexibility index (Phi) is 3.95. The quantitative estimate of drug-likeness (QED) is 0.789. The molecule has 1 N–H and O–H groups in total. The second-order valence-corrected chi connectivity index (χ2v) is 6.83. The highest BCUT2D eigenvalue weighted by Gasteiger charge is 2.55. The van der Waals surface area contributed by atoms with E-state index in [1.165, 1.54) is 0 Å². The molecule has 0 atom stereocenters. The van der Waals surface area contributed by atoms with Crippen LogP contribution in [-0.4, -0.2) is 37.2 Å². The molecule has 2 heterocycles. The lowest BCUT2D eigenvalue weighted by Gasteiger charge is -2.38. The van der Waals surface area contributed by atoms with Gasteiger partial charge < -0.3 is 14.8 Å². The van der Waals surface area contributed by atoms with Crippen molar-refractivity contribution < 1.29 is 19.1 Å². The average Bonchev–Trinajstić information content (AvgIpc) is 2.73. The Morgan fingerprint density at radius 1 is 1.29 bits per heavy atom. The van der Waals surface area contributed by atoms with Crippen LogP contribution in [0.15, 0.2) is 0 Å². The van der Waals surface area contributed by atoms with Crippen molar-refractivity contribution in [1.29, 1.82) is 0 Å². The summed E-state index contributed by atoms with van der Waals surface area (Å²) < 4.78 is 10.5. The van der Waals surface area contributed by atoms with Crippen LogP contribution >= 0.6 is 0 Å². The molecule has 0 radical (unpaired) electrons. The van der Waals surface area contributed by atoms with Crippen molar-refractivity contribution in [1.82, 2.24) is 5.32 Å². The van der Waals surface area contributed by atoms with Crippen molar-refractivity contribution >= 4 is 11.9 Å². The van der Waals surface area contributed by atoms with E-state index in [0.717, 1.165) is 44.9 Å². The molecule has 5 nitrogen and oxygen atoms in total. The Hall–Kier alpha value is -1.10. The summed E-state index contributed by atoms with van der Waals surface area (Å²) in [4.78, 5) is 24.3.